The van der Waals surface area contributed by atoms with Crippen molar-refractivity contribution in [3.05, 3.63) is 0 Å². The minimum Gasteiger partial charge on any atom is -0.283 e. The summed E-state index contributed by atoms with van der Waals surface area (Å²) >= 11 is 0. The Kier molecular flexibility index (Phi) is 2.80. The molecular weight excluding hydrogens is 255 g/mol. The number of rotatable bonds is 3. The maximum atomic E-state index is 14.1. The summed E-state index contributed by atoms with van der Waals surface area (Å²) in [7, 11) is -4.60. The van der Waals surface area contributed by atoms with Crippen molar-refractivity contribution >= 4 is 10.1 Å². The fourth-order valence-corrected chi connectivity index (χ4v) is 5.44. The van der Waals surface area contributed by atoms with Gasteiger partial charge in [0, 0.05) is 6.42 Å². The van der Waals surface area contributed by atoms with E-state index in [1.54, 1.807) is 0 Å². The van der Waals surface area contributed by atoms with E-state index in [2.05, 4.69) is 0 Å². The normalized spacial score (nSPS) is 46.1. The smallest absolute Gasteiger partial charge is 0.283 e. The van der Waals surface area contributed by atoms with Crippen molar-refractivity contribution in [3.63, 3.8) is 0 Å². The molecular formula is C13H21FO3S. The van der Waals surface area contributed by atoms with E-state index >= 15 is 0 Å². The zero-order valence-corrected chi connectivity index (χ0v) is 11.5. The Morgan fingerprint density at radius 2 is 1.89 bits per heavy atom. The quantitative estimate of drug-likeness (QED) is 0.806. The van der Waals surface area contributed by atoms with Crippen LogP contribution < -0.4 is 0 Å². The van der Waals surface area contributed by atoms with E-state index in [0.29, 0.717) is 17.8 Å². The third kappa shape index (κ3) is 1.82. The highest BCUT2D eigenvalue weighted by Gasteiger charge is 2.55. The summed E-state index contributed by atoms with van der Waals surface area (Å²) < 4.78 is 45.2. The number of hydrogen-bond donors (Lipinski definition) is 1. The van der Waals surface area contributed by atoms with Gasteiger partial charge < -0.3 is 0 Å². The lowest BCUT2D eigenvalue weighted by molar-refractivity contribution is 0.132. The molecule has 0 aliphatic heterocycles. The van der Waals surface area contributed by atoms with Crippen molar-refractivity contribution in [2.75, 3.05) is 0 Å². The summed E-state index contributed by atoms with van der Waals surface area (Å²) in [6.07, 6.45) is 5.90. The third-order valence-electron chi connectivity index (χ3n) is 5.73. The zero-order chi connectivity index (χ0) is 13.1. The molecule has 6 unspecified atom stereocenters. The fourth-order valence-electron chi connectivity index (χ4n) is 5.02. The number of halogens is 1. The van der Waals surface area contributed by atoms with Gasteiger partial charge in [0.15, 0.2) is 0 Å². The van der Waals surface area contributed by atoms with Crippen molar-refractivity contribution < 1.29 is 17.4 Å². The van der Waals surface area contributed by atoms with Crippen LogP contribution in [-0.4, -0.2) is 18.0 Å². The van der Waals surface area contributed by atoms with Crippen molar-refractivity contribution in [1.82, 2.24) is 0 Å². The molecule has 0 heterocycles. The summed E-state index contributed by atoms with van der Waals surface area (Å²) in [5.74, 6) is 2.85. The molecule has 0 aromatic carbocycles. The minimum atomic E-state index is -4.60. The fraction of sp³-hybridized carbons (Fsp3) is 1.00. The summed E-state index contributed by atoms with van der Waals surface area (Å²) in [5, 5.41) is -2.48. The summed E-state index contributed by atoms with van der Waals surface area (Å²) in [6.45, 7) is 1.00. The first-order valence-corrected chi connectivity index (χ1v) is 8.39. The highest BCUT2D eigenvalue weighted by molar-refractivity contribution is 7.87. The summed E-state index contributed by atoms with van der Waals surface area (Å²) in [5.41, 5.74) is 0. The molecule has 0 aromatic rings. The zero-order valence-electron chi connectivity index (χ0n) is 10.7. The molecule has 3 fully saturated rings. The number of alkyl halides is 1. The molecule has 2 bridgehead atoms. The molecule has 0 radical (unpaired) electrons. The average molecular weight is 276 g/mol. The van der Waals surface area contributed by atoms with Gasteiger partial charge in [-0.1, -0.05) is 6.42 Å². The van der Waals surface area contributed by atoms with Gasteiger partial charge in [-0.05, 0) is 62.2 Å². The molecule has 3 aliphatic carbocycles. The van der Waals surface area contributed by atoms with E-state index in [1.165, 1.54) is 19.3 Å². The lowest BCUT2D eigenvalue weighted by atomic mass is 9.74. The van der Waals surface area contributed by atoms with E-state index in [0.717, 1.165) is 25.7 Å². The van der Waals surface area contributed by atoms with Gasteiger partial charge in [-0.15, -0.1) is 0 Å². The summed E-state index contributed by atoms with van der Waals surface area (Å²) in [4.78, 5) is 0. The standard InChI is InChI=1S/C13H21FO3S/c1-13(14,18(15,16)17)7-9-5-8-6-12(9)11-4-2-3-10(8)11/h8-12H,2-7H2,1H3,(H,15,16,17). The Balaban J connectivity index is 1.73. The van der Waals surface area contributed by atoms with Crippen molar-refractivity contribution in [1.29, 1.82) is 0 Å². The highest BCUT2D eigenvalue weighted by atomic mass is 32.2. The highest BCUT2D eigenvalue weighted by Crippen LogP contribution is 2.62. The Hall–Kier alpha value is -0.160. The predicted octanol–water partition coefficient (Wildman–Crippen LogP) is 3.02. The Morgan fingerprint density at radius 3 is 2.56 bits per heavy atom. The SMILES string of the molecule is CC(F)(CC1CC2CC1C1CCCC21)S(=O)(=O)O. The van der Waals surface area contributed by atoms with Crippen LogP contribution in [0.3, 0.4) is 0 Å². The van der Waals surface area contributed by atoms with Crippen molar-refractivity contribution in [3.8, 4) is 0 Å². The van der Waals surface area contributed by atoms with Crippen molar-refractivity contribution in [2.45, 2.75) is 50.4 Å². The Bertz CT molecular complexity index is 445. The van der Waals surface area contributed by atoms with Crippen LogP contribution in [0, 0.1) is 29.6 Å². The van der Waals surface area contributed by atoms with Crippen LogP contribution in [0.5, 0.6) is 0 Å². The first-order chi connectivity index (χ1) is 8.29. The second kappa shape index (κ2) is 3.92. The molecule has 3 rings (SSSR count). The lowest BCUT2D eigenvalue weighted by Gasteiger charge is -2.33. The van der Waals surface area contributed by atoms with Gasteiger partial charge in [0.1, 0.15) is 0 Å². The van der Waals surface area contributed by atoms with Gasteiger partial charge in [0.2, 0.25) is 5.00 Å². The molecule has 0 saturated heterocycles. The molecule has 104 valence electrons. The van der Waals surface area contributed by atoms with E-state index in [9.17, 15) is 12.8 Å². The molecule has 0 aromatic heterocycles. The van der Waals surface area contributed by atoms with E-state index in [4.69, 9.17) is 4.55 Å². The van der Waals surface area contributed by atoms with Crippen LogP contribution in [0.2, 0.25) is 0 Å². The lowest BCUT2D eigenvalue weighted by Crippen LogP contribution is -2.35. The van der Waals surface area contributed by atoms with Crippen LogP contribution >= 0.6 is 0 Å². The largest absolute Gasteiger partial charge is 0.300 e. The Morgan fingerprint density at radius 1 is 1.22 bits per heavy atom. The molecule has 3 saturated carbocycles. The minimum absolute atomic E-state index is 0.0315. The van der Waals surface area contributed by atoms with E-state index in [1.807, 2.05) is 0 Å². The number of hydrogen-bond acceptors (Lipinski definition) is 2. The second-order valence-electron chi connectivity index (χ2n) is 6.70. The topological polar surface area (TPSA) is 54.4 Å². The van der Waals surface area contributed by atoms with E-state index in [-0.39, 0.29) is 12.3 Å². The monoisotopic (exact) mass is 276 g/mol. The van der Waals surface area contributed by atoms with Gasteiger partial charge in [0.25, 0.3) is 10.1 Å². The first kappa shape index (κ1) is 12.9. The van der Waals surface area contributed by atoms with Gasteiger partial charge in [-0.2, -0.15) is 8.42 Å². The van der Waals surface area contributed by atoms with Crippen LogP contribution in [-0.2, 0) is 10.1 Å². The Labute approximate surface area is 108 Å². The predicted molar refractivity (Wildman–Crippen MR) is 66.2 cm³/mol. The summed E-state index contributed by atoms with van der Waals surface area (Å²) in [6, 6.07) is 0. The molecule has 6 atom stereocenters. The second-order valence-corrected chi connectivity index (χ2v) is 8.50. The van der Waals surface area contributed by atoms with Crippen LogP contribution in [0.4, 0.5) is 4.39 Å². The first-order valence-electron chi connectivity index (χ1n) is 6.95. The van der Waals surface area contributed by atoms with Crippen LogP contribution in [0.25, 0.3) is 0 Å². The van der Waals surface area contributed by atoms with Gasteiger partial charge in [-0.25, -0.2) is 4.39 Å². The van der Waals surface area contributed by atoms with E-state index < -0.39 is 15.1 Å². The number of fused-ring (bicyclic) bond motifs is 5. The third-order valence-corrected chi connectivity index (χ3v) is 6.97. The molecule has 3 aliphatic rings. The van der Waals surface area contributed by atoms with Gasteiger partial charge in [0.05, 0.1) is 0 Å². The van der Waals surface area contributed by atoms with Crippen LogP contribution in [0.15, 0.2) is 0 Å². The van der Waals surface area contributed by atoms with Crippen LogP contribution in [0.1, 0.15) is 45.4 Å². The molecule has 0 amide bonds. The van der Waals surface area contributed by atoms with Crippen molar-refractivity contribution in [2.24, 2.45) is 29.6 Å². The maximum absolute atomic E-state index is 14.1. The van der Waals surface area contributed by atoms with Gasteiger partial charge in [-0.3, -0.25) is 4.55 Å². The molecule has 3 nitrogen and oxygen atoms in total. The molecule has 5 heteroatoms. The molecule has 1 N–H and O–H groups in total. The average Bonchev–Trinajstić information content (AvgIpc) is 2.82. The maximum Gasteiger partial charge on any atom is 0.300 e. The molecule has 0 spiro atoms. The van der Waals surface area contributed by atoms with Gasteiger partial charge >= 0.3 is 0 Å². The molecule has 18 heavy (non-hydrogen) atoms.